The average molecular weight is 276 g/mol. The Bertz CT molecular complexity index is 585. The van der Waals surface area contributed by atoms with Gasteiger partial charge in [0.15, 0.2) is 0 Å². The molecule has 2 rings (SSSR count). The monoisotopic (exact) mass is 276 g/mol. The van der Waals surface area contributed by atoms with E-state index in [1.165, 1.54) is 12.6 Å². The van der Waals surface area contributed by atoms with Crippen LogP contribution in [0.3, 0.4) is 0 Å². The summed E-state index contributed by atoms with van der Waals surface area (Å²) in [7, 11) is 0. The van der Waals surface area contributed by atoms with E-state index in [9.17, 15) is 9.59 Å². The molecule has 1 aromatic heterocycles. The van der Waals surface area contributed by atoms with Gasteiger partial charge in [0.25, 0.3) is 11.5 Å². The molecule has 1 amide bonds. The molecule has 0 unspecified atom stereocenters. The lowest BCUT2D eigenvalue weighted by Gasteiger charge is -2.22. The quantitative estimate of drug-likeness (QED) is 0.620. The normalized spacial score (nSPS) is 15.8. The molecule has 1 saturated carbocycles. The second-order valence-corrected chi connectivity index (χ2v) is 5.27. The molecule has 6 heteroatoms. The minimum absolute atomic E-state index is 0.0432. The van der Waals surface area contributed by atoms with E-state index in [0.717, 1.165) is 25.7 Å². The maximum Gasteiger partial charge on any atom is 0.270 e. The van der Waals surface area contributed by atoms with Gasteiger partial charge in [-0.15, -0.1) is 0 Å². The third-order valence-corrected chi connectivity index (χ3v) is 3.76. The molecule has 108 valence electrons. The first kappa shape index (κ1) is 14.3. The Morgan fingerprint density at radius 1 is 1.40 bits per heavy atom. The zero-order valence-corrected chi connectivity index (χ0v) is 11.6. The van der Waals surface area contributed by atoms with Crippen LogP contribution in [0.4, 0.5) is 5.69 Å². The number of rotatable bonds is 3. The summed E-state index contributed by atoms with van der Waals surface area (Å²) in [6.07, 6.45) is 6.70. The third-order valence-electron chi connectivity index (χ3n) is 3.76. The first-order valence-corrected chi connectivity index (χ1v) is 6.88. The van der Waals surface area contributed by atoms with Crippen molar-refractivity contribution in [2.45, 2.75) is 45.1 Å². The molecule has 0 bridgehead atoms. The lowest BCUT2D eigenvalue weighted by molar-refractivity contribution is -0.115. The second kappa shape index (κ2) is 5.90. The smallest absolute Gasteiger partial charge is 0.270 e. The van der Waals surface area contributed by atoms with Crippen LogP contribution in [-0.4, -0.2) is 22.6 Å². The van der Waals surface area contributed by atoms with Crippen molar-refractivity contribution in [3.63, 3.8) is 0 Å². The molecule has 0 atom stereocenters. The summed E-state index contributed by atoms with van der Waals surface area (Å²) in [4.78, 5) is 26.3. The van der Waals surface area contributed by atoms with Crippen LogP contribution in [0.2, 0.25) is 0 Å². The maximum absolute atomic E-state index is 12.1. The molecule has 0 spiro atoms. The summed E-state index contributed by atoms with van der Waals surface area (Å²) < 4.78 is 0. The maximum atomic E-state index is 12.1. The summed E-state index contributed by atoms with van der Waals surface area (Å²) >= 11 is 0. The van der Waals surface area contributed by atoms with Crippen molar-refractivity contribution in [1.29, 1.82) is 5.41 Å². The minimum Gasteiger partial charge on any atom is -0.398 e. The number of nitrogen functional groups attached to an aromatic ring is 1. The predicted octanol–water partition coefficient (Wildman–Crippen LogP) is 1.08. The summed E-state index contributed by atoms with van der Waals surface area (Å²) in [5, 5.41) is 10.7. The SMILES string of the molecule is Cc1c[nH]c(=O)c(C(=N)C(=O)NC2CCCCC2)c1N. The van der Waals surface area contributed by atoms with Crippen LogP contribution in [0.15, 0.2) is 11.0 Å². The number of H-pyrrole nitrogens is 1. The van der Waals surface area contributed by atoms with Gasteiger partial charge in [-0.2, -0.15) is 0 Å². The van der Waals surface area contributed by atoms with Crippen LogP contribution < -0.4 is 16.6 Å². The average Bonchev–Trinajstić information content (AvgIpc) is 2.44. The molecule has 1 aromatic rings. The molecular weight excluding hydrogens is 256 g/mol. The number of pyridine rings is 1. The molecular formula is C14H20N4O2. The van der Waals surface area contributed by atoms with Gasteiger partial charge in [0.2, 0.25) is 0 Å². The predicted molar refractivity (Wildman–Crippen MR) is 78.1 cm³/mol. The molecule has 0 aromatic carbocycles. The number of aromatic nitrogens is 1. The van der Waals surface area contributed by atoms with E-state index in [-0.39, 0.29) is 23.0 Å². The van der Waals surface area contributed by atoms with Crippen LogP contribution in [0, 0.1) is 12.3 Å². The second-order valence-electron chi connectivity index (χ2n) is 5.27. The van der Waals surface area contributed by atoms with Gasteiger partial charge in [-0.25, -0.2) is 0 Å². The third kappa shape index (κ3) is 2.89. The number of anilines is 1. The van der Waals surface area contributed by atoms with Gasteiger partial charge < -0.3 is 16.0 Å². The Labute approximate surface area is 117 Å². The lowest BCUT2D eigenvalue weighted by Crippen LogP contribution is -2.42. The standard InChI is InChI=1S/C14H20N4O2/c1-8-7-17-13(19)10(11(8)15)12(16)14(20)18-9-5-3-2-4-6-9/h7,9,16H,2-6H2,1H3,(H,18,20)(H3,15,17,19). The van der Waals surface area contributed by atoms with Gasteiger partial charge in [0.05, 0.1) is 11.3 Å². The number of carbonyl (C=O) groups is 1. The molecule has 1 fully saturated rings. The van der Waals surface area contributed by atoms with E-state index in [4.69, 9.17) is 11.1 Å². The summed E-state index contributed by atoms with van der Waals surface area (Å²) in [6.45, 7) is 1.72. The van der Waals surface area contributed by atoms with Crippen molar-refractivity contribution in [2.24, 2.45) is 0 Å². The van der Waals surface area contributed by atoms with Crippen molar-refractivity contribution in [2.75, 3.05) is 5.73 Å². The molecule has 6 nitrogen and oxygen atoms in total. The molecule has 0 radical (unpaired) electrons. The fourth-order valence-electron chi connectivity index (χ4n) is 2.51. The van der Waals surface area contributed by atoms with E-state index in [2.05, 4.69) is 10.3 Å². The van der Waals surface area contributed by atoms with E-state index < -0.39 is 11.5 Å². The highest BCUT2D eigenvalue weighted by Gasteiger charge is 2.22. The van der Waals surface area contributed by atoms with Gasteiger partial charge in [-0.1, -0.05) is 19.3 Å². The van der Waals surface area contributed by atoms with Crippen molar-refractivity contribution in [3.8, 4) is 0 Å². The Morgan fingerprint density at radius 2 is 2.05 bits per heavy atom. The van der Waals surface area contributed by atoms with E-state index >= 15 is 0 Å². The first-order valence-electron chi connectivity index (χ1n) is 6.88. The first-order chi connectivity index (χ1) is 9.50. The van der Waals surface area contributed by atoms with Crippen LogP contribution in [-0.2, 0) is 4.79 Å². The number of hydrogen-bond acceptors (Lipinski definition) is 4. The topological polar surface area (TPSA) is 112 Å². The van der Waals surface area contributed by atoms with Gasteiger partial charge in [-0.3, -0.25) is 15.0 Å². The number of aromatic amines is 1. The molecule has 1 aliphatic rings. The largest absolute Gasteiger partial charge is 0.398 e. The Balaban J connectivity index is 2.16. The Morgan fingerprint density at radius 3 is 2.70 bits per heavy atom. The Kier molecular flexibility index (Phi) is 4.22. The lowest BCUT2D eigenvalue weighted by atomic mass is 9.95. The van der Waals surface area contributed by atoms with Crippen molar-refractivity contribution in [3.05, 3.63) is 27.7 Å². The number of aryl methyl sites for hydroxylation is 1. The van der Waals surface area contributed by atoms with Gasteiger partial charge in [0.1, 0.15) is 5.71 Å². The fourth-order valence-corrected chi connectivity index (χ4v) is 2.51. The molecule has 1 aliphatic carbocycles. The molecule has 0 saturated heterocycles. The van der Waals surface area contributed by atoms with E-state index in [1.807, 2.05) is 0 Å². The van der Waals surface area contributed by atoms with Gasteiger partial charge in [0, 0.05) is 12.2 Å². The van der Waals surface area contributed by atoms with Gasteiger partial charge >= 0.3 is 0 Å². The summed E-state index contributed by atoms with van der Waals surface area (Å²) in [5.41, 5.74) is 5.75. The number of nitrogens with two attached hydrogens (primary N) is 1. The minimum atomic E-state index is -0.528. The molecule has 1 heterocycles. The fraction of sp³-hybridized carbons (Fsp3) is 0.500. The molecule has 20 heavy (non-hydrogen) atoms. The number of hydrogen-bond donors (Lipinski definition) is 4. The van der Waals surface area contributed by atoms with Gasteiger partial charge in [-0.05, 0) is 25.3 Å². The summed E-state index contributed by atoms with van der Waals surface area (Å²) in [5.74, 6) is -0.528. The van der Waals surface area contributed by atoms with Crippen LogP contribution in [0.1, 0.15) is 43.2 Å². The number of carbonyl (C=O) groups excluding carboxylic acids is 1. The van der Waals surface area contributed by atoms with Crippen LogP contribution in [0.5, 0.6) is 0 Å². The van der Waals surface area contributed by atoms with Crippen LogP contribution in [0.25, 0.3) is 0 Å². The Hall–Kier alpha value is -2.11. The zero-order chi connectivity index (χ0) is 14.7. The van der Waals surface area contributed by atoms with Crippen molar-refractivity contribution < 1.29 is 4.79 Å². The number of amides is 1. The zero-order valence-electron chi connectivity index (χ0n) is 11.6. The van der Waals surface area contributed by atoms with Crippen molar-refractivity contribution in [1.82, 2.24) is 10.3 Å². The highest BCUT2D eigenvalue weighted by molar-refractivity contribution is 6.45. The van der Waals surface area contributed by atoms with Crippen molar-refractivity contribution >= 4 is 17.3 Å². The number of nitrogens with one attached hydrogen (secondary N) is 3. The van der Waals surface area contributed by atoms with E-state index in [0.29, 0.717) is 5.56 Å². The van der Waals surface area contributed by atoms with E-state index in [1.54, 1.807) is 6.92 Å². The highest BCUT2D eigenvalue weighted by atomic mass is 16.2. The molecule has 0 aliphatic heterocycles. The van der Waals surface area contributed by atoms with Crippen LogP contribution >= 0.6 is 0 Å². The highest BCUT2D eigenvalue weighted by Crippen LogP contribution is 2.18. The molecule has 5 N–H and O–H groups in total. The summed E-state index contributed by atoms with van der Waals surface area (Å²) in [6, 6.07) is 0.0988.